The van der Waals surface area contributed by atoms with Gasteiger partial charge < -0.3 is 15.1 Å². The lowest BCUT2D eigenvalue weighted by atomic mass is 10.1. The summed E-state index contributed by atoms with van der Waals surface area (Å²) >= 11 is 5.99. The monoisotopic (exact) mass is 325 g/mol. The highest BCUT2D eigenvalue weighted by Gasteiger charge is 2.17. The van der Waals surface area contributed by atoms with E-state index in [2.05, 4.69) is 10.2 Å². The van der Waals surface area contributed by atoms with Crippen LogP contribution >= 0.6 is 11.6 Å². The van der Waals surface area contributed by atoms with Gasteiger partial charge in [-0.2, -0.15) is 0 Å². The standard InChI is InChI=1S/C16H24ClN3O2/c1-12-6-7-14(17)10-15(12)20(13(2)21)11-16(22)18-8-5-9-19(3)4/h6-7,10H,5,8-9,11H2,1-4H3,(H,18,22). The van der Waals surface area contributed by atoms with Crippen LogP contribution in [-0.2, 0) is 9.59 Å². The molecule has 0 aliphatic carbocycles. The van der Waals surface area contributed by atoms with Crippen LogP contribution in [0.25, 0.3) is 0 Å². The van der Waals surface area contributed by atoms with Gasteiger partial charge in [0.2, 0.25) is 11.8 Å². The van der Waals surface area contributed by atoms with E-state index < -0.39 is 0 Å². The molecule has 0 unspecified atom stereocenters. The number of hydrogen-bond acceptors (Lipinski definition) is 3. The van der Waals surface area contributed by atoms with Crippen molar-refractivity contribution in [1.82, 2.24) is 10.2 Å². The molecule has 0 aromatic heterocycles. The van der Waals surface area contributed by atoms with Gasteiger partial charge in [0.1, 0.15) is 6.54 Å². The molecular weight excluding hydrogens is 302 g/mol. The van der Waals surface area contributed by atoms with Crippen LogP contribution in [0.1, 0.15) is 18.9 Å². The highest BCUT2D eigenvalue weighted by molar-refractivity contribution is 6.31. The Labute approximate surface area is 137 Å². The van der Waals surface area contributed by atoms with Gasteiger partial charge >= 0.3 is 0 Å². The zero-order valence-corrected chi connectivity index (χ0v) is 14.4. The van der Waals surface area contributed by atoms with Crippen molar-refractivity contribution in [1.29, 1.82) is 0 Å². The normalized spacial score (nSPS) is 10.6. The molecule has 0 atom stereocenters. The van der Waals surface area contributed by atoms with Gasteiger partial charge in [-0.1, -0.05) is 17.7 Å². The molecule has 0 heterocycles. The molecule has 0 spiro atoms. The number of aryl methyl sites for hydroxylation is 1. The van der Waals surface area contributed by atoms with Crippen molar-refractivity contribution in [2.24, 2.45) is 0 Å². The topological polar surface area (TPSA) is 52.7 Å². The van der Waals surface area contributed by atoms with E-state index in [1.807, 2.05) is 27.1 Å². The largest absolute Gasteiger partial charge is 0.355 e. The molecule has 1 aromatic rings. The van der Waals surface area contributed by atoms with Crippen LogP contribution in [0.3, 0.4) is 0 Å². The summed E-state index contributed by atoms with van der Waals surface area (Å²) in [4.78, 5) is 27.4. The Kier molecular flexibility index (Phi) is 7.35. The number of halogens is 1. The molecular formula is C16H24ClN3O2. The molecule has 0 radical (unpaired) electrons. The van der Waals surface area contributed by atoms with Gasteiger partial charge in [-0.05, 0) is 51.7 Å². The first-order valence-corrected chi connectivity index (χ1v) is 7.64. The number of benzene rings is 1. The smallest absolute Gasteiger partial charge is 0.240 e. The summed E-state index contributed by atoms with van der Waals surface area (Å²) in [5.41, 5.74) is 1.57. The molecule has 6 heteroatoms. The van der Waals surface area contributed by atoms with Crippen molar-refractivity contribution in [2.45, 2.75) is 20.3 Å². The van der Waals surface area contributed by atoms with Gasteiger partial charge in [0.05, 0.1) is 0 Å². The van der Waals surface area contributed by atoms with E-state index in [0.29, 0.717) is 17.3 Å². The maximum atomic E-state index is 12.0. The van der Waals surface area contributed by atoms with E-state index >= 15 is 0 Å². The number of nitrogens with zero attached hydrogens (tertiary/aromatic N) is 2. The second-order valence-electron chi connectivity index (χ2n) is 5.54. The predicted molar refractivity (Wildman–Crippen MR) is 90.4 cm³/mol. The Bertz CT molecular complexity index is 532. The molecule has 0 aliphatic heterocycles. The fourth-order valence-electron chi connectivity index (χ4n) is 2.06. The lowest BCUT2D eigenvalue weighted by Crippen LogP contribution is -2.40. The minimum atomic E-state index is -0.186. The first kappa shape index (κ1) is 18.5. The summed E-state index contributed by atoms with van der Waals surface area (Å²) in [7, 11) is 3.97. The van der Waals surface area contributed by atoms with Crippen molar-refractivity contribution < 1.29 is 9.59 Å². The Morgan fingerprint density at radius 1 is 1.27 bits per heavy atom. The molecule has 0 fully saturated rings. The molecule has 122 valence electrons. The van der Waals surface area contributed by atoms with E-state index in [1.165, 1.54) is 11.8 Å². The summed E-state index contributed by atoms with van der Waals surface area (Å²) in [6, 6.07) is 5.31. The van der Waals surface area contributed by atoms with Gasteiger partial charge in [-0.25, -0.2) is 0 Å². The average molecular weight is 326 g/mol. The van der Waals surface area contributed by atoms with Crippen LogP contribution in [0.2, 0.25) is 5.02 Å². The molecule has 1 aromatic carbocycles. The molecule has 2 amide bonds. The molecule has 22 heavy (non-hydrogen) atoms. The SMILES string of the molecule is CC(=O)N(CC(=O)NCCCN(C)C)c1cc(Cl)ccc1C. The number of nitrogens with one attached hydrogen (secondary N) is 1. The van der Waals surface area contributed by atoms with Gasteiger partial charge in [0, 0.05) is 24.2 Å². The molecule has 5 nitrogen and oxygen atoms in total. The number of hydrogen-bond donors (Lipinski definition) is 1. The summed E-state index contributed by atoms with van der Waals surface area (Å²) in [6.45, 7) is 4.83. The van der Waals surface area contributed by atoms with Gasteiger partial charge in [0.15, 0.2) is 0 Å². The van der Waals surface area contributed by atoms with Gasteiger partial charge in [-0.15, -0.1) is 0 Å². The van der Waals surface area contributed by atoms with Gasteiger partial charge in [-0.3, -0.25) is 9.59 Å². The number of carbonyl (C=O) groups is 2. The Morgan fingerprint density at radius 3 is 2.55 bits per heavy atom. The Morgan fingerprint density at radius 2 is 1.95 bits per heavy atom. The van der Waals surface area contributed by atoms with Gasteiger partial charge in [0.25, 0.3) is 0 Å². The molecule has 0 saturated heterocycles. The highest BCUT2D eigenvalue weighted by atomic mass is 35.5. The minimum Gasteiger partial charge on any atom is -0.355 e. The van der Waals surface area contributed by atoms with Crippen molar-refractivity contribution >= 4 is 29.1 Å². The lowest BCUT2D eigenvalue weighted by Gasteiger charge is -2.23. The summed E-state index contributed by atoms with van der Waals surface area (Å²) < 4.78 is 0. The zero-order chi connectivity index (χ0) is 16.7. The number of carbonyl (C=O) groups excluding carboxylic acids is 2. The minimum absolute atomic E-state index is 0.00151. The second kappa shape index (κ2) is 8.76. The second-order valence-corrected chi connectivity index (χ2v) is 5.98. The molecule has 0 saturated carbocycles. The number of rotatable bonds is 7. The van der Waals surface area contributed by atoms with E-state index in [0.717, 1.165) is 18.5 Å². The van der Waals surface area contributed by atoms with Crippen LogP contribution in [0, 0.1) is 6.92 Å². The number of anilines is 1. The highest BCUT2D eigenvalue weighted by Crippen LogP contribution is 2.24. The maximum absolute atomic E-state index is 12.0. The zero-order valence-electron chi connectivity index (χ0n) is 13.6. The van der Waals surface area contributed by atoms with E-state index in [1.54, 1.807) is 12.1 Å². The summed E-state index contributed by atoms with van der Waals surface area (Å²) in [6.07, 6.45) is 0.870. The molecule has 1 rings (SSSR count). The maximum Gasteiger partial charge on any atom is 0.240 e. The van der Waals surface area contributed by atoms with Crippen molar-refractivity contribution in [2.75, 3.05) is 38.6 Å². The quantitative estimate of drug-likeness (QED) is 0.781. The Balaban J connectivity index is 2.67. The predicted octanol–water partition coefficient (Wildman–Crippen LogP) is 2.07. The fourth-order valence-corrected chi connectivity index (χ4v) is 2.23. The third-order valence-corrected chi connectivity index (χ3v) is 3.48. The Hall–Kier alpha value is -1.59. The van der Waals surface area contributed by atoms with Crippen LogP contribution in [0.4, 0.5) is 5.69 Å². The first-order valence-electron chi connectivity index (χ1n) is 7.27. The van der Waals surface area contributed by atoms with Crippen LogP contribution in [0.5, 0.6) is 0 Å². The van der Waals surface area contributed by atoms with Crippen molar-refractivity contribution in [3.63, 3.8) is 0 Å². The van der Waals surface area contributed by atoms with Crippen LogP contribution in [0.15, 0.2) is 18.2 Å². The third kappa shape index (κ3) is 6.03. The van der Waals surface area contributed by atoms with Crippen LogP contribution in [-0.4, -0.2) is 50.4 Å². The molecule has 0 bridgehead atoms. The fraction of sp³-hybridized carbons (Fsp3) is 0.500. The third-order valence-electron chi connectivity index (χ3n) is 3.25. The lowest BCUT2D eigenvalue weighted by molar-refractivity contribution is -0.123. The summed E-state index contributed by atoms with van der Waals surface area (Å²) in [5, 5.41) is 3.37. The molecule has 0 aliphatic rings. The van der Waals surface area contributed by atoms with Crippen LogP contribution < -0.4 is 10.2 Å². The average Bonchev–Trinajstić information content (AvgIpc) is 2.43. The van der Waals surface area contributed by atoms with Crippen molar-refractivity contribution in [3.05, 3.63) is 28.8 Å². The first-order chi connectivity index (χ1) is 10.3. The van der Waals surface area contributed by atoms with E-state index in [-0.39, 0.29) is 18.4 Å². The number of amides is 2. The summed E-state index contributed by atoms with van der Waals surface area (Å²) in [5.74, 6) is -0.359. The van der Waals surface area contributed by atoms with E-state index in [4.69, 9.17) is 11.6 Å². The van der Waals surface area contributed by atoms with E-state index in [9.17, 15) is 9.59 Å². The van der Waals surface area contributed by atoms with Crippen molar-refractivity contribution in [3.8, 4) is 0 Å². The molecule has 1 N–H and O–H groups in total.